The minimum Gasteiger partial charge on any atom is -0.380 e. The van der Waals surface area contributed by atoms with E-state index in [0.29, 0.717) is 6.04 Å². The zero-order valence-electron chi connectivity index (χ0n) is 11.9. The van der Waals surface area contributed by atoms with Crippen LogP contribution in [0.1, 0.15) is 51.9 Å². The number of nitrogens with zero attached hydrogens (tertiary/aromatic N) is 2. The van der Waals surface area contributed by atoms with Gasteiger partial charge in [0.25, 0.3) is 0 Å². The summed E-state index contributed by atoms with van der Waals surface area (Å²) in [5.74, 6) is 0. The smallest absolute Gasteiger partial charge is 0.0767 e. The second-order valence-corrected chi connectivity index (χ2v) is 5.64. The van der Waals surface area contributed by atoms with Crippen LogP contribution in [-0.4, -0.2) is 29.5 Å². The highest BCUT2D eigenvalue weighted by Gasteiger charge is 2.25. The molecule has 0 spiro atoms. The van der Waals surface area contributed by atoms with Crippen molar-refractivity contribution >= 4 is 15.9 Å². The summed E-state index contributed by atoms with van der Waals surface area (Å²) in [7, 11) is 1.75. The van der Waals surface area contributed by atoms with Crippen molar-refractivity contribution in [1.82, 2.24) is 15.1 Å². The summed E-state index contributed by atoms with van der Waals surface area (Å²) < 4.78 is 8.58. The predicted molar refractivity (Wildman–Crippen MR) is 77.8 cm³/mol. The summed E-state index contributed by atoms with van der Waals surface area (Å²) in [6.45, 7) is 9.48. The molecule has 5 heteroatoms. The van der Waals surface area contributed by atoms with E-state index in [-0.39, 0.29) is 12.1 Å². The van der Waals surface area contributed by atoms with Gasteiger partial charge in [-0.05, 0) is 49.7 Å². The van der Waals surface area contributed by atoms with Crippen molar-refractivity contribution in [2.45, 2.75) is 52.3 Å². The van der Waals surface area contributed by atoms with Gasteiger partial charge < -0.3 is 10.1 Å². The summed E-state index contributed by atoms with van der Waals surface area (Å²) >= 11 is 3.60. The van der Waals surface area contributed by atoms with Gasteiger partial charge in [-0.1, -0.05) is 6.92 Å². The second-order valence-electron chi connectivity index (χ2n) is 4.79. The predicted octanol–water partition coefficient (Wildman–Crippen LogP) is 3.30. The van der Waals surface area contributed by atoms with Crippen LogP contribution in [-0.2, 0) is 4.74 Å². The monoisotopic (exact) mass is 317 g/mol. The molecule has 1 N–H and O–H groups in total. The highest BCUT2D eigenvalue weighted by molar-refractivity contribution is 9.10. The van der Waals surface area contributed by atoms with E-state index < -0.39 is 0 Å². The first-order valence-electron chi connectivity index (χ1n) is 6.52. The third-order valence-corrected chi connectivity index (χ3v) is 3.64. The Balaban J connectivity index is 3.07. The van der Waals surface area contributed by atoms with E-state index in [2.05, 4.69) is 54.0 Å². The van der Waals surface area contributed by atoms with Crippen LogP contribution in [0.4, 0.5) is 0 Å². The fraction of sp³-hybridized carbons (Fsp3) is 0.769. The van der Waals surface area contributed by atoms with Gasteiger partial charge in [-0.2, -0.15) is 5.10 Å². The van der Waals surface area contributed by atoms with E-state index in [4.69, 9.17) is 4.74 Å². The standard InChI is InChI=1S/C13H24BrN3O/c1-6-7-15-12(10(4)18-5)13-11(14)8-16-17(13)9(2)3/h8-10,12,15H,6-7H2,1-5H3. The first-order valence-corrected chi connectivity index (χ1v) is 7.31. The van der Waals surface area contributed by atoms with Crippen molar-refractivity contribution in [1.29, 1.82) is 0 Å². The van der Waals surface area contributed by atoms with Gasteiger partial charge in [0.15, 0.2) is 0 Å². The zero-order valence-corrected chi connectivity index (χ0v) is 13.5. The molecule has 0 aliphatic rings. The molecule has 0 amide bonds. The number of nitrogens with one attached hydrogen (secondary N) is 1. The van der Waals surface area contributed by atoms with E-state index in [1.54, 1.807) is 7.11 Å². The summed E-state index contributed by atoms with van der Waals surface area (Å²) in [6.07, 6.45) is 3.06. The molecule has 0 aliphatic carbocycles. The topological polar surface area (TPSA) is 39.1 Å². The molecule has 104 valence electrons. The normalized spacial score (nSPS) is 15.1. The van der Waals surface area contributed by atoms with E-state index in [1.807, 2.05) is 10.9 Å². The van der Waals surface area contributed by atoms with Gasteiger partial charge in [-0.3, -0.25) is 4.68 Å². The van der Waals surface area contributed by atoms with Crippen LogP contribution in [0.15, 0.2) is 10.7 Å². The Morgan fingerprint density at radius 2 is 2.11 bits per heavy atom. The van der Waals surface area contributed by atoms with E-state index in [1.165, 1.54) is 0 Å². The summed E-state index contributed by atoms with van der Waals surface area (Å²) in [4.78, 5) is 0. The average molecular weight is 318 g/mol. The van der Waals surface area contributed by atoms with Crippen molar-refractivity contribution in [3.63, 3.8) is 0 Å². The van der Waals surface area contributed by atoms with Crippen LogP contribution in [0.3, 0.4) is 0 Å². The second kappa shape index (κ2) is 7.26. The molecule has 1 aromatic rings. The van der Waals surface area contributed by atoms with Crippen molar-refractivity contribution in [2.24, 2.45) is 0 Å². The van der Waals surface area contributed by atoms with Crippen LogP contribution >= 0.6 is 15.9 Å². The first kappa shape index (κ1) is 15.7. The van der Waals surface area contributed by atoms with Crippen LogP contribution in [0.5, 0.6) is 0 Å². The Morgan fingerprint density at radius 1 is 1.44 bits per heavy atom. The Kier molecular flexibility index (Phi) is 6.32. The number of ether oxygens (including phenoxy) is 1. The minimum absolute atomic E-state index is 0.0991. The number of aromatic nitrogens is 2. The largest absolute Gasteiger partial charge is 0.380 e. The maximum Gasteiger partial charge on any atom is 0.0767 e. The number of halogens is 1. The minimum atomic E-state index is 0.0991. The molecule has 0 saturated carbocycles. The fourth-order valence-electron chi connectivity index (χ4n) is 1.97. The van der Waals surface area contributed by atoms with Crippen molar-refractivity contribution in [3.8, 4) is 0 Å². The highest BCUT2D eigenvalue weighted by atomic mass is 79.9. The lowest BCUT2D eigenvalue weighted by Crippen LogP contribution is -2.34. The van der Waals surface area contributed by atoms with E-state index in [0.717, 1.165) is 23.1 Å². The van der Waals surface area contributed by atoms with Gasteiger partial charge in [-0.25, -0.2) is 0 Å². The lowest BCUT2D eigenvalue weighted by Gasteiger charge is -2.26. The van der Waals surface area contributed by atoms with Crippen LogP contribution in [0, 0.1) is 0 Å². The highest BCUT2D eigenvalue weighted by Crippen LogP contribution is 2.28. The number of rotatable bonds is 7. The average Bonchev–Trinajstić information content (AvgIpc) is 2.72. The maximum atomic E-state index is 5.50. The van der Waals surface area contributed by atoms with Crippen molar-refractivity contribution in [3.05, 3.63) is 16.4 Å². The van der Waals surface area contributed by atoms with Gasteiger partial charge >= 0.3 is 0 Å². The number of hydrogen-bond acceptors (Lipinski definition) is 3. The van der Waals surface area contributed by atoms with Crippen molar-refractivity contribution < 1.29 is 4.74 Å². The summed E-state index contributed by atoms with van der Waals surface area (Å²) in [5, 5.41) is 7.98. The van der Waals surface area contributed by atoms with Gasteiger partial charge in [0.05, 0.1) is 28.5 Å². The van der Waals surface area contributed by atoms with Crippen LogP contribution in [0.2, 0.25) is 0 Å². The molecule has 2 atom stereocenters. The summed E-state index contributed by atoms with van der Waals surface area (Å²) in [5.41, 5.74) is 1.16. The molecule has 18 heavy (non-hydrogen) atoms. The molecule has 0 aliphatic heterocycles. The quantitative estimate of drug-likeness (QED) is 0.838. The molecule has 0 aromatic carbocycles. The lowest BCUT2D eigenvalue weighted by atomic mass is 10.1. The molecule has 2 unspecified atom stereocenters. The Hall–Kier alpha value is -0.390. The zero-order chi connectivity index (χ0) is 13.7. The Morgan fingerprint density at radius 3 is 2.61 bits per heavy atom. The van der Waals surface area contributed by atoms with Crippen LogP contribution in [0.25, 0.3) is 0 Å². The SMILES string of the molecule is CCCNC(c1c(Br)cnn1C(C)C)C(C)OC. The van der Waals surface area contributed by atoms with Gasteiger partial charge in [0.1, 0.15) is 0 Å². The van der Waals surface area contributed by atoms with E-state index >= 15 is 0 Å². The number of methoxy groups -OCH3 is 1. The van der Waals surface area contributed by atoms with Crippen LogP contribution < -0.4 is 5.32 Å². The molecule has 0 fully saturated rings. The number of hydrogen-bond donors (Lipinski definition) is 1. The lowest BCUT2D eigenvalue weighted by molar-refractivity contribution is 0.0793. The third-order valence-electron chi connectivity index (χ3n) is 3.03. The third kappa shape index (κ3) is 3.56. The van der Waals surface area contributed by atoms with Crippen molar-refractivity contribution in [2.75, 3.05) is 13.7 Å². The molecule has 4 nitrogen and oxygen atoms in total. The van der Waals surface area contributed by atoms with E-state index in [9.17, 15) is 0 Å². The van der Waals surface area contributed by atoms with Gasteiger partial charge in [0, 0.05) is 13.2 Å². The molecular formula is C13H24BrN3O. The molecule has 1 heterocycles. The van der Waals surface area contributed by atoms with Gasteiger partial charge in [0.2, 0.25) is 0 Å². The summed E-state index contributed by atoms with van der Waals surface area (Å²) in [6, 6.07) is 0.482. The van der Waals surface area contributed by atoms with Gasteiger partial charge in [-0.15, -0.1) is 0 Å². The first-order chi connectivity index (χ1) is 8.52. The Bertz CT molecular complexity index is 365. The molecule has 1 aromatic heterocycles. The molecular weight excluding hydrogens is 294 g/mol. The molecule has 0 radical (unpaired) electrons. The molecule has 0 saturated heterocycles. The molecule has 1 rings (SSSR count). The maximum absolute atomic E-state index is 5.50. The fourth-order valence-corrected chi connectivity index (χ4v) is 2.49. The Labute approximate surface area is 118 Å². The molecule has 0 bridgehead atoms.